The normalized spacial score (nSPS) is 18.6. The van der Waals surface area contributed by atoms with Gasteiger partial charge in [-0.25, -0.2) is 4.79 Å². The van der Waals surface area contributed by atoms with Crippen LogP contribution in [-0.4, -0.2) is 41.1 Å². The van der Waals surface area contributed by atoms with Crippen LogP contribution in [0.2, 0.25) is 0 Å². The molecule has 1 aromatic carbocycles. The predicted octanol–water partition coefficient (Wildman–Crippen LogP) is 2.18. The number of carbonyl (C=O) groups excluding carboxylic acids is 1. The zero-order valence-electron chi connectivity index (χ0n) is 10.7. The number of amides is 1. The van der Waals surface area contributed by atoms with Gasteiger partial charge in [-0.05, 0) is 18.2 Å². The Balaban J connectivity index is 2.03. The summed E-state index contributed by atoms with van der Waals surface area (Å²) in [6.07, 6.45) is 0.346. The third kappa shape index (κ3) is 4.22. The molecule has 1 atom stereocenters. The van der Waals surface area contributed by atoms with E-state index in [0.29, 0.717) is 12.1 Å². The van der Waals surface area contributed by atoms with E-state index < -0.39 is 5.97 Å². The number of nitrogens with one attached hydrogen (secondary N) is 2. The Labute approximate surface area is 129 Å². The van der Waals surface area contributed by atoms with Gasteiger partial charge in [0.2, 0.25) is 5.91 Å². The maximum atomic E-state index is 12.0. The van der Waals surface area contributed by atoms with E-state index in [2.05, 4.69) is 26.6 Å². The molecule has 20 heavy (non-hydrogen) atoms. The van der Waals surface area contributed by atoms with Crippen LogP contribution < -0.4 is 10.6 Å². The van der Waals surface area contributed by atoms with Gasteiger partial charge in [0.25, 0.3) is 0 Å². The molecule has 1 aliphatic rings. The smallest absolute Gasteiger partial charge is 0.337 e. The molecule has 5 nitrogen and oxygen atoms in total. The molecule has 1 heterocycles. The molecule has 0 saturated carbocycles. The molecule has 3 N–H and O–H groups in total. The Morgan fingerprint density at radius 2 is 2.30 bits per heavy atom. The number of aromatic carboxylic acids is 1. The minimum atomic E-state index is -1.06. The van der Waals surface area contributed by atoms with Gasteiger partial charge in [-0.3, -0.25) is 4.79 Å². The Bertz CT molecular complexity index is 518. The first-order valence-corrected chi connectivity index (χ1v) is 8.15. The summed E-state index contributed by atoms with van der Waals surface area (Å²) in [5, 5.41) is 15.1. The summed E-state index contributed by atoms with van der Waals surface area (Å²) in [5.41, 5.74) is 0.410. The molecule has 1 unspecified atom stereocenters. The Kier molecular flexibility index (Phi) is 5.45. The average molecular weight is 359 g/mol. The van der Waals surface area contributed by atoms with E-state index in [-0.39, 0.29) is 17.5 Å². The van der Waals surface area contributed by atoms with Gasteiger partial charge < -0.3 is 15.7 Å². The van der Waals surface area contributed by atoms with Crippen LogP contribution in [0.3, 0.4) is 0 Å². The molecule has 0 radical (unpaired) electrons. The van der Waals surface area contributed by atoms with Crippen molar-refractivity contribution in [1.82, 2.24) is 5.32 Å². The lowest BCUT2D eigenvalue weighted by molar-refractivity contribution is -0.116. The molecule has 7 heteroatoms. The first-order valence-electron chi connectivity index (χ1n) is 6.20. The van der Waals surface area contributed by atoms with Gasteiger partial charge in [-0.1, -0.05) is 15.9 Å². The first-order chi connectivity index (χ1) is 9.56. The Morgan fingerprint density at radius 3 is 2.95 bits per heavy atom. The van der Waals surface area contributed by atoms with Gasteiger partial charge in [0.1, 0.15) is 0 Å². The average Bonchev–Trinajstić information content (AvgIpc) is 2.39. The van der Waals surface area contributed by atoms with Crippen LogP contribution in [0.5, 0.6) is 0 Å². The fourth-order valence-corrected chi connectivity index (χ4v) is 3.29. The molecule has 1 aliphatic heterocycles. The van der Waals surface area contributed by atoms with Crippen molar-refractivity contribution in [3.8, 4) is 0 Å². The predicted molar refractivity (Wildman–Crippen MR) is 83.5 cm³/mol. The fourth-order valence-electron chi connectivity index (χ4n) is 1.98. The van der Waals surface area contributed by atoms with Gasteiger partial charge in [0, 0.05) is 35.0 Å². The number of hydrogen-bond donors (Lipinski definition) is 3. The number of carbonyl (C=O) groups is 2. The monoisotopic (exact) mass is 358 g/mol. The second-order valence-corrected chi connectivity index (χ2v) is 6.54. The van der Waals surface area contributed by atoms with E-state index >= 15 is 0 Å². The number of carboxylic acids is 1. The third-order valence-corrected chi connectivity index (χ3v) is 4.54. The van der Waals surface area contributed by atoms with Crippen molar-refractivity contribution in [3.05, 3.63) is 28.2 Å². The highest BCUT2D eigenvalue weighted by Crippen LogP contribution is 2.22. The quantitative estimate of drug-likeness (QED) is 0.768. The molecular weight excluding hydrogens is 344 g/mol. The van der Waals surface area contributed by atoms with Crippen molar-refractivity contribution < 1.29 is 14.7 Å². The molecule has 1 saturated heterocycles. The first kappa shape index (κ1) is 15.3. The number of thioether (sulfide) groups is 1. The topological polar surface area (TPSA) is 78.4 Å². The maximum Gasteiger partial charge on any atom is 0.337 e. The molecule has 0 bridgehead atoms. The van der Waals surface area contributed by atoms with Crippen LogP contribution in [0.25, 0.3) is 0 Å². The summed E-state index contributed by atoms with van der Waals surface area (Å²) in [6.45, 7) is 0.903. The molecule has 1 aromatic rings. The minimum absolute atomic E-state index is 0.0903. The number of carboxylic acid groups (broad SMARTS) is 1. The highest BCUT2D eigenvalue weighted by molar-refractivity contribution is 9.10. The van der Waals surface area contributed by atoms with Crippen LogP contribution in [0.1, 0.15) is 16.8 Å². The molecule has 108 valence electrons. The second kappa shape index (κ2) is 7.10. The lowest BCUT2D eigenvalue weighted by Crippen LogP contribution is -2.40. The van der Waals surface area contributed by atoms with Crippen molar-refractivity contribution in [3.63, 3.8) is 0 Å². The van der Waals surface area contributed by atoms with Gasteiger partial charge in [-0.15, -0.1) is 0 Å². The van der Waals surface area contributed by atoms with Crippen molar-refractivity contribution >= 4 is 45.3 Å². The van der Waals surface area contributed by atoms with Crippen molar-refractivity contribution in [2.75, 3.05) is 23.4 Å². The summed E-state index contributed by atoms with van der Waals surface area (Å²) < 4.78 is 0.726. The van der Waals surface area contributed by atoms with Gasteiger partial charge in [0.05, 0.1) is 11.3 Å². The van der Waals surface area contributed by atoms with Crippen molar-refractivity contribution in [2.24, 2.45) is 0 Å². The molecule has 0 aliphatic carbocycles. The lowest BCUT2D eigenvalue weighted by Gasteiger charge is -2.22. The lowest BCUT2D eigenvalue weighted by atomic mass is 10.1. The number of anilines is 1. The summed E-state index contributed by atoms with van der Waals surface area (Å²) in [6, 6.07) is 4.86. The maximum absolute atomic E-state index is 12.0. The standard InChI is InChI=1S/C13H15BrN2O3S/c14-8-1-2-10(13(18)19)11(5-8)16-12(17)6-9-7-20-4-3-15-9/h1-2,5,9,15H,3-4,6-7H2,(H,16,17)(H,18,19). The summed E-state index contributed by atoms with van der Waals surface area (Å²) in [5.74, 6) is 0.731. The van der Waals surface area contributed by atoms with Crippen molar-refractivity contribution in [1.29, 1.82) is 0 Å². The van der Waals surface area contributed by atoms with E-state index in [1.807, 2.05) is 11.8 Å². The molecule has 1 amide bonds. The number of hydrogen-bond acceptors (Lipinski definition) is 4. The van der Waals surface area contributed by atoms with Crippen LogP contribution in [0, 0.1) is 0 Å². The van der Waals surface area contributed by atoms with Crippen LogP contribution in [-0.2, 0) is 4.79 Å². The summed E-state index contributed by atoms with van der Waals surface area (Å²) >= 11 is 5.09. The van der Waals surface area contributed by atoms with Crippen LogP contribution >= 0.6 is 27.7 Å². The largest absolute Gasteiger partial charge is 0.478 e. The molecular formula is C13H15BrN2O3S. The molecule has 1 fully saturated rings. The fraction of sp³-hybridized carbons (Fsp3) is 0.385. The second-order valence-electron chi connectivity index (χ2n) is 4.47. The Morgan fingerprint density at radius 1 is 1.50 bits per heavy atom. The molecule has 0 spiro atoms. The third-order valence-electron chi connectivity index (χ3n) is 2.92. The van der Waals surface area contributed by atoms with Crippen LogP contribution in [0.4, 0.5) is 5.69 Å². The number of halogens is 1. The number of rotatable bonds is 4. The Hall–Kier alpha value is -1.05. The zero-order valence-corrected chi connectivity index (χ0v) is 13.1. The van der Waals surface area contributed by atoms with Crippen molar-refractivity contribution in [2.45, 2.75) is 12.5 Å². The SMILES string of the molecule is O=C(CC1CSCCN1)Nc1cc(Br)ccc1C(=O)O. The summed E-state index contributed by atoms with van der Waals surface area (Å²) in [4.78, 5) is 23.1. The molecule has 2 rings (SSSR count). The van der Waals surface area contributed by atoms with E-state index in [1.165, 1.54) is 6.07 Å². The number of benzene rings is 1. The highest BCUT2D eigenvalue weighted by atomic mass is 79.9. The highest BCUT2D eigenvalue weighted by Gasteiger charge is 2.18. The van der Waals surface area contributed by atoms with Gasteiger partial charge in [-0.2, -0.15) is 11.8 Å². The van der Waals surface area contributed by atoms with Gasteiger partial charge in [0.15, 0.2) is 0 Å². The van der Waals surface area contributed by atoms with E-state index in [1.54, 1.807) is 12.1 Å². The summed E-state index contributed by atoms with van der Waals surface area (Å²) in [7, 11) is 0. The molecule has 0 aromatic heterocycles. The van der Waals surface area contributed by atoms with Crippen LogP contribution in [0.15, 0.2) is 22.7 Å². The van der Waals surface area contributed by atoms with Gasteiger partial charge >= 0.3 is 5.97 Å². The zero-order chi connectivity index (χ0) is 14.5. The van der Waals surface area contributed by atoms with E-state index in [0.717, 1.165) is 22.5 Å². The van der Waals surface area contributed by atoms with E-state index in [9.17, 15) is 9.59 Å². The van der Waals surface area contributed by atoms with E-state index in [4.69, 9.17) is 5.11 Å². The minimum Gasteiger partial charge on any atom is -0.478 e.